The van der Waals surface area contributed by atoms with Gasteiger partial charge in [-0.15, -0.1) is 0 Å². The van der Waals surface area contributed by atoms with Crippen LogP contribution in [0.4, 0.5) is 0 Å². The van der Waals surface area contributed by atoms with Crippen LogP contribution in [0.5, 0.6) is 0 Å². The van der Waals surface area contributed by atoms with Crippen molar-refractivity contribution in [3.63, 3.8) is 0 Å². The largest absolute Gasteiger partial charge is 0.376 e. The Bertz CT molecular complexity index is 670. The highest BCUT2D eigenvalue weighted by Gasteiger charge is 2.21. The monoisotopic (exact) mass is 360 g/mol. The number of halogens is 1. The number of carbonyl (C=O) groups is 1. The zero-order chi connectivity index (χ0) is 17.0. The average Bonchev–Trinajstić information content (AvgIpc) is 2.97. The highest BCUT2D eigenvalue weighted by atomic mass is 35.5. The van der Waals surface area contributed by atoms with E-state index in [0.29, 0.717) is 13.2 Å². The number of hydrogen-bond donors (Lipinski definition) is 2. The van der Waals surface area contributed by atoms with Gasteiger partial charge in [0.1, 0.15) is 0 Å². The highest BCUT2D eigenvalue weighted by Crippen LogP contribution is 2.21. The molecule has 1 aromatic carbocycles. The number of rotatable bonds is 6. The van der Waals surface area contributed by atoms with Gasteiger partial charge in [0.05, 0.1) is 21.6 Å². The van der Waals surface area contributed by atoms with E-state index < -0.39 is 15.9 Å². The molecule has 2 rings (SSSR count). The smallest absolute Gasteiger partial charge is 0.252 e. The van der Waals surface area contributed by atoms with Crippen molar-refractivity contribution < 1.29 is 17.9 Å². The molecule has 0 saturated carbocycles. The van der Waals surface area contributed by atoms with Crippen LogP contribution < -0.4 is 10.0 Å². The van der Waals surface area contributed by atoms with Gasteiger partial charge in [-0.1, -0.05) is 11.6 Å². The van der Waals surface area contributed by atoms with E-state index in [4.69, 9.17) is 16.3 Å². The first kappa shape index (κ1) is 18.2. The molecule has 2 N–H and O–H groups in total. The van der Waals surface area contributed by atoms with Gasteiger partial charge in [-0.25, -0.2) is 13.1 Å². The summed E-state index contributed by atoms with van der Waals surface area (Å²) in [6.45, 7) is 4.54. The SMILES string of the molecule is CC(C)NS(=O)(=O)c1ccc(Cl)c(C(=O)NC[C@H]2CCCO2)c1. The number of carbonyl (C=O) groups excluding carboxylic acids is 1. The van der Waals surface area contributed by atoms with Crippen LogP contribution in [-0.2, 0) is 14.8 Å². The van der Waals surface area contributed by atoms with Gasteiger partial charge in [0, 0.05) is 19.2 Å². The summed E-state index contributed by atoms with van der Waals surface area (Å²) >= 11 is 6.03. The highest BCUT2D eigenvalue weighted by molar-refractivity contribution is 7.89. The molecule has 1 atom stereocenters. The van der Waals surface area contributed by atoms with Crippen LogP contribution >= 0.6 is 11.6 Å². The minimum atomic E-state index is -3.68. The second-order valence-corrected chi connectivity index (χ2v) is 7.88. The quantitative estimate of drug-likeness (QED) is 0.811. The molecule has 1 heterocycles. The van der Waals surface area contributed by atoms with Gasteiger partial charge in [-0.2, -0.15) is 0 Å². The third-order valence-electron chi connectivity index (χ3n) is 3.40. The van der Waals surface area contributed by atoms with Crippen molar-refractivity contribution in [2.24, 2.45) is 0 Å². The second kappa shape index (κ2) is 7.61. The van der Waals surface area contributed by atoms with E-state index in [9.17, 15) is 13.2 Å². The van der Waals surface area contributed by atoms with Gasteiger partial charge in [-0.3, -0.25) is 4.79 Å². The van der Waals surface area contributed by atoms with Gasteiger partial charge >= 0.3 is 0 Å². The van der Waals surface area contributed by atoms with Crippen molar-refractivity contribution in [1.82, 2.24) is 10.0 Å². The molecule has 0 spiro atoms. The van der Waals surface area contributed by atoms with Gasteiger partial charge in [0.15, 0.2) is 0 Å². The van der Waals surface area contributed by atoms with Gasteiger partial charge < -0.3 is 10.1 Å². The molecule has 1 fully saturated rings. The summed E-state index contributed by atoms with van der Waals surface area (Å²) in [5.41, 5.74) is 0.135. The van der Waals surface area contributed by atoms with Crippen LogP contribution in [-0.4, -0.2) is 39.6 Å². The van der Waals surface area contributed by atoms with Crippen molar-refractivity contribution in [3.05, 3.63) is 28.8 Å². The first-order valence-corrected chi connectivity index (χ1v) is 9.37. The molecule has 0 bridgehead atoms. The molecule has 0 unspecified atom stereocenters. The number of benzene rings is 1. The topological polar surface area (TPSA) is 84.5 Å². The van der Waals surface area contributed by atoms with E-state index in [2.05, 4.69) is 10.0 Å². The molecule has 0 aromatic heterocycles. The first-order valence-electron chi connectivity index (χ1n) is 7.51. The predicted octanol–water partition coefficient (Wildman–Crippen LogP) is 1.94. The number of nitrogens with one attached hydrogen (secondary N) is 2. The molecule has 6 nitrogen and oxygen atoms in total. The molecule has 1 aromatic rings. The molecule has 1 amide bonds. The molecule has 1 aliphatic rings. The third kappa shape index (κ3) is 4.91. The standard InChI is InChI=1S/C15H21ClN2O4S/c1-10(2)18-23(20,21)12-5-6-14(16)13(8-12)15(19)17-9-11-4-3-7-22-11/h5-6,8,10-11,18H,3-4,7,9H2,1-2H3,(H,17,19)/t11-/m1/s1. The lowest BCUT2D eigenvalue weighted by Crippen LogP contribution is -2.33. The van der Waals surface area contributed by atoms with E-state index in [0.717, 1.165) is 12.8 Å². The van der Waals surface area contributed by atoms with E-state index in [1.165, 1.54) is 18.2 Å². The molecular formula is C15H21ClN2O4S. The molecule has 0 aliphatic carbocycles. The lowest BCUT2D eigenvalue weighted by Gasteiger charge is -2.13. The Kier molecular flexibility index (Phi) is 6.02. The zero-order valence-electron chi connectivity index (χ0n) is 13.1. The summed E-state index contributed by atoms with van der Waals surface area (Å²) in [4.78, 5) is 12.3. The fourth-order valence-electron chi connectivity index (χ4n) is 2.33. The molecule has 128 valence electrons. The molecule has 23 heavy (non-hydrogen) atoms. The van der Waals surface area contributed by atoms with Crippen LogP contribution in [0.15, 0.2) is 23.1 Å². The van der Waals surface area contributed by atoms with Crippen molar-refractivity contribution >= 4 is 27.5 Å². The van der Waals surface area contributed by atoms with Gasteiger partial charge in [0.2, 0.25) is 10.0 Å². The maximum atomic E-state index is 12.3. The van der Waals surface area contributed by atoms with E-state index in [1.54, 1.807) is 13.8 Å². The molecule has 1 saturated heterocycles. The molecule has 0 radical (unpaired) electrons. The van der Waals surface area contributed by atoms with Crippen LogP contribution in [0.2, 0.25) is 5.02 Å². The van der Waals surface area contributed by atoms with Crippen molar-refractivity contribution in [1.29, 1.82) is 0 Å². The minimum absolute atomic E-state index is 0.00671. The maximum absolute atomic E-state index is 12.3. The minimum Gasteiger partial charge on any atom is -0.376 e. The van der Waals surface area contributed by atoms with Crippen LogP contribution in [0.3, 0.4) is 0 Å². The summed E-state index contributed by atoms with van der Waals surface area (Å²) in [5, 5.41) is 2.94. The zero-order valence-corrected chi connectivity index (χ0v) is 14.7. The molecule has 8 heteroatoms. The van der Waals surface area contributed by atoms with Crippen LogP contribution in [0.25, 0.3) is 0 Å². The Morgan fingerprint density at radius 1 is 1.43 bits per heavy atom. The number of amides is 1. The Morgan fingerprint density at radius 3 is 2.78 bits per heavy atom. The number of hydrogen-bond acceptors (Lipinski definition) is 4. The van der Waals surface area contributed by atoms with Gasteiger partial charge in [0.25, 0.3) is 5.91 Å². The lowest BCUT2D eigenvalue weighted by atomic mass is 10.2. The van der Waals surface area contributed by atoms with Crippen LogP contribution in [0, 0.1) is 0 Å². The number of sulfonamides is 1. The Labute approximate surface area is 141 Å². The van der Waals surface area contributed by atoms with Crippen molar-refractivity contribution in [3.8, 4) is 0 Å². The summed E-state index contributed by atoms with van der Waals surface area (Å²) in [5.74, 6) is -0.410. The van der Waals surface area contributed by atoms with Crippen molar-refractivity contribution in [2.45, 2.75) is 43.7 Å². The third-order valence-corrected chi connectivity index (χ3v) is 5.38. The Hall–Kier alpha value is -1.15. The fourth-order valence-corrected chi connectivity index (χ4v) is 3.81. The van der Waals surface area contributed by atoms with Crippen LogP contribution in [0.1, 0.15) is 37.0 Å². The fraction of sp³-hybridized carbons (Fsp3) is 0.533. The van der Waals surface area contributed by atoms with Crippen molar-refractivity contribution in [2.75, 3.05) is 13.2 Å². The molecule has 1 aliphatic heterocycles. The lowest BCUT2D eigenvalue weighted by molar-refractivity contribution is 0.0857. The summed E-state index contributed by atoms with van der Waals surface area (Å²) in [6, 6.07) is 3.84. The first-order chi connectivity index (χ1) is 10.8. The predicted molar refractivity (Wildman–Crippen MR) is 88.2 cm³/mol. The Morgan fingerprint density at radius 2 is 2.17 bits per heavy atom. The summed E-state index contributed by atoms with van der Waals surface area (Å²) in [6.07, 6.45) is 1.89. The molecular weight excluding hydrogens is 340 g/mol. The van der Waals surface area contributed by atoms with E-state index in [-0.39, 0.29) is 27.6 Å². The Balaban J connectivity index is 2.14. The second-order valence-electron chi connectivity index (χ2n) is 5.76. The summed E-state index contributed by atoms with van der Waals surface area (Å²) in [7, 11) is -3.68. The van der Waals surface area contributed by atoms with E-state index in [1.807, 2.05) is 0 Å². The van der Waals surface area contributed by atoms with Gasteiger partial charge in [-0.05, 0) is 44.9 Å². The number of ether oxygens (including phenoxy) is 1. The summed E-state index contributed by atoms with van der Waals surface area (Å²) < 4.78 is 32.3. The normalized spacial score (nSPS) is 18.3. The average molecular weight is 361 g/mol. The van der Waals surface area contributed by atoms with E-state index >= 15 is 0 Å². The maximum Gasteiger partial charge on any atom is 0.252 e.